The smallest absolute Gasteiger partial charge is 0.349 e. The van der Waals surface area contributed by atoms with E-state index in [9.17, 15) is 14.4 Å². The van der Waals surface area contributed by atoms with Gasteiger partial charge < -0.3 is 10.5 Å². The average Bonchev–Trinajstić information content (AvgIpc) is 2.67. The number of halogens is 2. The highest BCUT2D eigenvalue weighted by Crippen LogP contribution is 2.40. The molecule has 0 radical (unpaired) electrons. The van der Waals surface area contributed by atoms with Crippen LogP contribution in [0.2, 0.25) is 10.0 Å². The number of benzene rings is 1. The Hall–Kier alpha value is -3.11. The van der Waals surface area contributed by atoms with Crippen molar-refractivity contribution in [1.82, 2.24) is 25.0 Å². The van der Waals surface area contributed by atoms with Gasteiger partial charge in [0, 0.05) is 11.6 Å². The van der Waals surface area contributed by atoms with E-state index in [1.807, 2.05) is 11.9 Å². The van der Waals surface area contributed by atoms with Crippen LogP contribution in [-0.2, 0) is 0 Å². The first-order chi connectivity index (χ1) is 14.7. The Balaban J connectivity index is 1.67. The van der Waals surface area contributed by atoms with E-state index in [4.69, 9.17) is 33.7 Å². The Morgan fingerprint density at radius 2 is 1.84 bits per heavy atom. The van der Waals surface area contributed by atoms with Crippen LogP contribution in [0.1, 0.15) is 37.7 Å². The lowest BCUT2D eigenvalue weighted by Crippen LogP contribution is -2.33. The number of nitrogens with zero attached hydrogens (tertiary/aromatic N) is 3. The minimum absolute atomic E-state index is 0.0579. The molecule has 1 saturated carbocycles. The number of hydrogen-bond donors (Lipinski definition) is 3. The fourth-order valence-corrected chi connectivity index (χ4v) is 4.00. The van der Waals surface area contributed by atoms with Crippen LogP contribution in [0.5, 0.6) is 11.6 Å². The van der Waals surface area contributed by atoms with Crippen LogP contribution in [0.3, 0.4) is 0 Å². The third-order valence-corrected chi connectivity index (χ3v) is 6.01. The largest absolute Gasteiger partial charge is 0.434 e. The zero-order chi connectivity index (χ0) is 22.3. The average molecular weight is 465 g/mol. The lowest BCUT2D eigenvalue weighted by molar-refractivity contribution is 0.270. The van der Waals surface area contributed by atoms with E-state index in [-0.39, 0.29) is 38.8 Å². The number of nitrogen functional groups attached to an aromatic ring is 1. The lowest BCUT2D eigenvalue weighted by atomic mass is 9.74. The van der Waals surface area contributed by atoms with E-state index >= 15 is 0 Å². The van der Waals surface area contributed by atoms with Crippen LogP contribution in [0.15, 0.2) is 32.6 Å². The molecular weight excluding hydrogens is 447 g/mol. The second kappa shape index (κ2) is 8.20. The van der Waals surface area contributed by atoms with Gasteiger partial charge in [-0.05, 0) is 36.8 Å². The maximum absolute atomic E-state index is 12.2. The van der Waals surface area contributed by atoms with E-state index in [2.05, 4.69) is 15.3 Å². The van der Waals surface area contributed by atoms with Crippen LogP contribution < -0.4 is 27.3 Å². The van der Waals surface area contributed by atoms with Crippen molar-refractivity contribution in [3.8, 4) is 17.3 Å². The van der Waals surface area contributed by atoms with E-state index in [1.165, 1.54) is 12.1 Å². The molecule has 0 spiro atoms. The molecule has 2 aromatic heterocycles. The Morgan fingerprint density at radius 1 is 1.16 bits per heavy atom. The zero-order valence-corrected chi connectivity index (χ0v) is 17.8. The third kappa shape index (κ3) is 4.08. The molecule has 1 fully saturated rings. The molecule has 2 heterocycles. The number of hydrogen-bond acceptors (Lipinski definition) is 7. The number of ether oxygens (including phenoxy) is 1. The Labute approximate surface area is 185 Å². The first-order valence-electron chi connectivity index (χ1n) is 9.50. The number of anilines is 1. The van der Waals surface area contributed by atoms with E-state index in [0.717, 1.165) is 23.9 Å². The maximum Gasteiger partial charge on any atom is 0.349 e. The molecule has 1 aromatic carbocycles. The molecule has 31 heavy (non-hydrogen) atoms. The van der Waals surface area contributed by atoms with E-state index in [1.54, 1.807) is 6.07 Å². The van der Waals surface area contributed by atoms with E-state index < -0.39 is 17.1 Å². The predicted molar refractivity (Wildman–Crippen MR) is 116 cm³/mol. The highest BCUT2D eigenvalue weighted by atomic mass is 35.5. The molecule has 1 aliphatic carbocycles. The number of aromatic nitrogens is 5. The van der Waals surface area contributed by atoms with Crippen LogP contribution >= 0.6 is 23.2 Å². The maximum atomic E-state index is 12.2. The number of aromatic amines is 2. The summed E-state index contributed by atoms with van der Waals surface area (Å²) in [6.07, 6.45) is 3.33. The van der Waals surface area contributed by atoms with Crippen LogP contribution in [-0.4, -0.2) is 25.0 Å². The highest BCUT2D eigenvalue weighted by Gasteiger charge is 2.27. The zero-order valence-electron chi connectivity index (χ0n) is 16.3. The van der Waals surface area contributed by atoms with Gasteiger partial charge in [-0.1, -0.05) is 36.5 Å². The monoisotopic (exact) mass is 464 g/mol. The lowest BCUT2D eigenvalue weighted by Gasteiger charge is -2.31. The van der Waals surface area contributed by atoms with Crippen molar-refractivity contribution < 1.29 is 4.74 Å². The van der Waals surface area contributed by atoms with Gasteiger partial charge in [-0.3, -0.25) is 14.6 Å². The second-order valence-corrected chi connectivity index (χ2v) is 8.18. The summed E-state index contributed by atoms with van der Waals surface area (Å²) >= 11 is 12.6. The van der Waals surface area contributed by atoms with Gasteiger partial charge >= 0.3 is 5.69 Å². The van der Waals surface area contributed by atoms with Crippen LogP contribution in [0, 0.1) is 5.92 Å². The minimum Gasteiger partial charge on any atom is -0.434 e. The fraction of sp³-hybridized carbons (Fsp3) is 0.316. The molecule has 0 bridgehead atoms. The van der Waals surface area contributed by atoms with Crippen LogP contribution in [0.4, 0.5) is 5.82 Å². The molecule has 162 valence electrons. The van der Waals surface area contributed by atoms with Gasteiger partial charge in [0.15, 0.2) is 5.75 Å². The molecule has 1 atom stereocenters. The summed E-state index contributed by atoms with van der Waals surface area (Å²) in [6, 6.07) is 4.33. The summed E-state index contributed by atoms with van der Waals surface area (Å²) < 4.78 is 6.60. The van der Waals surface area contributed by atoms with Gasteiger partial charge in [-0.15, -0.1) is 10.2 Å². The number of rotatable bonds is 5. The normalized spacial score (nSPS) is 14.8. The first-order valence-corrected chi connectivity index (χ1v) is 10.3. The number of nitrogens with one attached hydrogen (secondary N) is 2. The van der Waals surface area contributed by atoms with Crippen molar-refractivity contribution in [2.24, 2.45) is 5.92 Å². The molecule has 12 heteroatoms. The molecule has 4 rings (SSSR count). The van der Waals surface area contributed by atoms with Gasteiger partial charge in [0.2, 0.25) is 11.7 Å². The Bertz CT molecular complexity index is 1300. The quantitative estimate of drug-likeness (QED) is 0.524. The van der Waals surface area contributed by atoms with Crippen molar-refractivity contribution in [3.05, 3.63) is 65.0 Å². The van der Waals surface area contributed by atoms with Gasteiger partial charge in [0.1, 0.15) is 0 Å². The van der Waals surface area contributed by atoms with Gasteiger partial charge in [0.25, 0.3) is 11.1 Å². The third-order valence-electron chi connectivity index (χ3n) is 5.44. The van der Waals surface area contributed by atoms with Crippen LogP contribution in [0.25, 0.3) is 5.69 Å². The second-order valence-electron chi connectivity index (χ2n) is 7.37. The number of nitrogens with two attached hydrogens (primary N) is 1. The standard InChI is InChI=1S/C19H18Cl2N6O4/c1-8(9-3-2-4-9)11-7-14(24-25-17(11)28)31-15-12(20)5-10(6-13(15)21)27-19(30)23-18(29)16(22)26-27/h5-9H,2-4H2,1H3,(H2,22,26)(H,25,28)(H,23,29,30)/t8-/m1/s1. The molecule has 1 aliphatic rings. The molecule has 0 aliphatic heterocycles. The Kier molecular flexibility index (Phi) is 5.59. The van der Waals surface area contributed by atoms with Crippen molar-refractivity contribution >= 4 is 29.0 Å². The van der Waals surface area contributed by atoms with Gasteiger partial charge in [-0.25, -0.2) is 9.89 Å². The molecule has 10 nitrogen and oxygen atoms in total. The summed E-state index contributed by atoms with van der Waals surface area (Å²) in [7, 11) is 0. The molecule has 3 aromatic rings. The predicted octanol–water partition coefficient (Wildman–Crippen LogP) is 2.59. The molecule has 4 N–H and O–H groups in total. The number of H-pyrrole nitrogens is 2. The van der Waals surface area contributed by atoms with Crippen molar-refractivity contribution in [2.45, 2.75) is 32.1 Å². The topological polar surface area (TPSA) is 149 Å². The molecule has 0 amide bonds. The van der Waals surface area contributed by atoms with Crippen molar-refractivity contribution in [3.63, 3.8) is 0 Å². The highest BCUT2D eigenvalue weighted by molar-refractivity contribution is 6.37. The summed E-state index contributed by atoms with van der Waals surface area (Å²) in [5, 5.41) is 10.2. The summed E-state index contributed by atoms with van der Waals surface area (Å²) in [4.78, 5) is 37.7. The van der Waals surface area contributed by atoms with Gasteiger partial charge in [0.05, 0.1) is 15.7 Å². The fourth-order valence-electron chi connectivity index (χ4n) is 3.44. The SMILES string of the molecule is C[C@@H](c1cc(Oc2c(Cl)cc(-n3nc(N)c(=O)[nH]c3=O)cc2Cl)n[nH]c1=O)C1CCC1. The summed E-state index contributed by atoms with van der Waals surface area (Å²) in [6.45, 7) is 2.01. The Morgan fingerprint density at radius 3 is 2.45 bits per heavy atom. The molecule has 0 saturated heterocycles. The molecular formula is C19H18Cl2N6O4. The van der Waals surface area contributed by atoms with Gasteiger partial charge in [-0.2, -0.15) is 4.68 Å². The van der Waals surface area contributed by atoms with Crippen molar-refractivity contribution in [1.29, 1.82) is 0 Å². The molecule has 0 unspecified atom stereocenters. The van der Waals surface area contributed by atoms with Crippen molar-refractivity contribution in [2.75, 3.05) is 5.73 Å². The summed E-state index contributed by atoms with van der Waals surface area (Å²) in [5.41, 5.74) is 4.36. The van der Waals surface area contributed by atoms with E-state index in [0.29, 0.717) is 11.5 Å². The summed E-state index contributed by atoms with van der Waals surface area (Å²) in [5.74, 6) is 0.344. The first kappa shape index (κ1) is 21.1. The minimum atomic E-state index is -0.808.